The lowest BCUT2D eigenvalue weighted by Gasteiger charge is -2.17. The summed E-state index contributed by atoms with van der Waals surface area (Å²) in [4.78, 5) is 1.24. The van der Waals surface area contributed by atoms with E-state index in [1.807, 2.05) is 18.2 Å². The van der Waals surface area contributed by atoms with Gasteiger partial charge in [-0.2, -0.15) is 0 Å². The van der Waals surface area contributed by atoms with E-state index < -0.39 is 9.84 Å². The largest absolute Gasteiger partial charge is 0.327 e. The molecule has 1 aromatic rings. The predicted octanol–water partition coefficient (Wildman–Crippen LogP) is 1.93. The van der Waals surface area contributed by atoms with Gasteiger partial charge in [0.25, 0.3) is 0 Å². The Bertz CT molecular complexity index is 473. The first-order valence-electron chi connectivity index (χ1n) is 6.21. The van der Waals surface area contributed by atoms with Crippen LogP contribution in [-0.4, -0.2) is 31.7 Å². The molecule has 1 fully saturated rings. The predicted molar refractivity (Wildman–Crippen MR) is 76.5 cm³/mol. The number of sulfone groups is 1. The highest BCUT2D eigenvalue weighted by Crippen LogP contribution is 2.25. The molecule has 2 rings (SSSR count). The van der Waals surface area contributed by atoms with E-state index in [4.69, 9.17) is 5.73 Å². The molecule has 1 saturated heterocycles. The van der Waals surface area contributed by atoms with Gasteiger partial charge in [0.05, 0.1) is 11.5 Å². The fourth-order valence-electron chi connectivity index (χ4n) is 2.23. The van der Waals surface area contributed by atoms with Gasteiger partial charge in [0.15, 0.2) is 9.84 Å². The number of thioether (sulfide) groups is 1. The lowest BCUT2D eigenvalue weighted by atomic mass is 9.98. The van der Waals surface area contributed by atoms with Crippen LogP contribution < -0.4 is 5.73 Å². The van der Waals surface area contributed by atoms with Gasteiger partial charge < -0.3 is 5.73 Å². The van der Waals surface area contributed by atoms with Crippen molar-refractivity contribution in [1.29, 1.82) is 0 Å². The highest BCUT2D eigenvalue weighted by atomic mass is 32.2. The number of nitrogens with two attached hydrogens (primary N) is 1. The SMILES string of the molecule is NC(CCSc1ccccc1)C1CCS(=O)(=O)C1. The molecule has 18 heavy (non-hydrogen) atoms. The second-order valence-electron chi connectivity index (χ2n) is 4.78. The number of rotatable bonds is 5. The minimum Gasteiger partial charge on any atom is -0.327 e. The first-order valence-corrected chi connectivity index (χ1v) is 9.01. The first kappa shape index (κ1) is 13.9. The Labute approximate surface area is 113 Å². The number of hydrogen-bond acceptors (Lipinski definition) is 4. The first-order chi connectivity index (χ1) is 8.57. The third kappa shape index (κ3) is 4.00. The average molecular weight is 285 g/mol. The third-order valence-corrected chi connectivity index (χ3v) is 6.18. The van der Waals surface area contributed by atoms with E-state index in [0.717, 1.165) is 18.6 Å². The van der Waals surface area contributed by atoms with Gasteiger partial charge in [-0.15, -0.1) is 11.8 Å². The van der Waals surface area contributed by atoms with Gasteiger partial charge in [0.2, 0.25) is 0 Å². The Balaban J connectivity index is 1.74. The highest BCUT2D eigenvalue weighted by Gasteiger charge is 2.31. The van der Waals surface area contributed by atoms with E-state index in [2.05, 4.69) is 12.1 Å². The Morgan fingerprint density at radius 3 is 2.67 bits per heavy atom. The van der Waals surface area contributed by atoms with E-state index >= 15 is 0 Å². The minimum atomic E-state index is -2.80. The molecule has 0 bridgehead atoms. The summed E-state index contributed by atoms with van der Waals surface area (Å²) in [5, 5.41) is 0. The monoisotopic (exact) mass is 285 g/mol. The van der Waals surface area contributed by atoms with Crippen LogP contribution in [0.2, 0.25) is 0 Å². The van der Waals surface area contributed by atoms with E-state index in [0.29, 0.717) is 5.75 Å². The maximum absolute atomic E-state index is 11.4. The lowest BCUT2D eigenvalue weighted by molar-refractivity contribution is 0.455. The summed E-state index contributed by atoms with van der Waals surface area (Å²) in [6.45, 7) is 0. The summed E-state index contributed by atoms with van der Waals surface area (Å²) in [6, 6.07) is 10.2. The molecule has 100 valence electrons. The molecule has 0 saturated carbocycles. The Hall–Kier alpha value is -0.520. The molecule has 1 aliphatic heterocycles. The number of hydrogen-bond donors (Lipinski definition) is 1. The zero-order chi connectivity index (χ0) is 13.0. The maximum atomic E-state index is 11.4. The van der Waals surface area contributed by atoms with Crippen LogP contribution in [-0.2, 0) is 9.84 Å². The van der Waals surface area contributed by atoms with Crippen molar-refractivity contribution in [1.82, 2.24) is 0 Å². The van der Waals surface area contributed by atoms with Crippen LogP contribution in [0.3, 0.4) is 0 Å². The molecule has 2 atom stereocenters. The molecule has 1 aliphatic rings. The topological polar surface area (TPSA) is 60.2 Å². The van der Waals surface area contributed by atoms with Crippen LogP contribution in [0.5, 0.6) is 0 Å². The zero-order valence-electron chi connectivity index (χ0n) is 10.3. The molecule has 3 nitrogen and oxygen atoms in total. The van der Waals surface area contributed by atoms with Crippen LogP contribution in [0.15, 0.2) is 35.2 Å². The fraction of sp³-hybridized carbons (Fsp3) is 0.538. The molecule has 2 N–H and O–H groups in total. The van der Waals surface area contributed by atoms with E-state index in [-0.39, 0.29) is 17.7 Å². The van der Waals surface area contributed by atoms with Crippen molar-refractivity contribution in [2.45, 2.75) is 23.8 Å². The Morgan fingerprint density at radius 2 is 2.06 bits per heavy atom. The van der Waals surface area contributed by atoms with Gasteiger partial charge in [-0.3, -0.25) is 0 Å². The molecule has 5 heteroatoms. The standard InChI is InChI=1S/C13H19NO2S2/c14-13(11-7-9-18(15,16)10-11)6-8-17-12-4-2-1-3-5-12/h1-5,11,13H,6-10,14H2. The van der Waals surface area contributed by atoms with Gasteiger partial charge in [-0.25, -0.2) is 8.42 Å². The summed E-state index contributed by atoms with van der Waals surface area (Å²) in [5.41, 5.74) is 6.09. The molecule has 0 radical (unpaired) electrons. The summed E-state index contributed by atoms with van der Waals surface area (Å²) >= 11 is 1.78. The van der Waals surface area contributed by atoms with Gasteiger partial charge in [-0.05, 0) is 36.6 Å². The molecule has 0 amide bonds. The molecule has 0 aliphatic carbocycles. The maximum Gasteiger partial charge on any atom is 0.150 e. The van der Waals surface area contributed by atoms with Crippen LogP contribution in [0, 0.1) is 5.92 Å². The van der Waals surface area contributed by atoms with Crippen LogP contribution >= 0.6 is 11.8 Å². The van der Waals surface area contributed by atoms with E-state index in [9.17, 15) is 8.42 Å². The van der Waals surface area contributed by atoms with Crippen molar-refractivity contribution in [3.8, 4) is 0 Å². The quantitative estimate of drug-likeness (QED) is 0.840. The molecule has 1 heterocycles. The van der Waals surface area contributed by atoms with Crippen molar-refractivity contribution >= 4 is 21.6 Å². The van der Waals surface area contributed by atoms with Crippen LogP contribution in [0.25, 0.3) is 0 Å². The Kier molecular flexibility index (Phi) is 4.70. The molecular weight excluding hydrogens is 266 g/mol. The van der Waals surface area contributed by atoms with Gasteiger partial charge in [-0.1, -0.05) is 18.2 Å². The summed E-state index contributed by atoms with van der Waals surface area (Å²) in [7, 11) is -2.80. The Morgan fingerprint density at radius 1 is 1.33 bits per heavy atom. The normalized spacial score (nSPS) is 23.9. The fourth-order valence-corrected chi connectivity index (χ4v) is 5.10. The van der Waals surface area contributed by atoms with Crippen LogP contribution in [0.1, 0.15) is 12.8 Å². The van der Waals surface area contributed by atoms with Gasteiger partial charge in [0, 0.05) is 10.9 Å². The summed E-state index contributed by atoms with van der Waals surface area (Å²) < 4.78 is 22.8. The summed E-state index contributed by atoms with van der Waals surface area (Å²) in [6.07, 6.45) is 1.61. The second kappa shape index (κ2) is 6.08. The van der Waals surface area contributed by atoms with E-state index in [1.54, 1.807) is 11.8 Å². The minimum absolute atomic E-state index is 0.0125. The second-order valence-corrected chi connectivity index (χ2v) is 8.17. The zero-order valence-corrected chi connectivity index (χ0v) is 11.9. The smallest absolute Gasteiger partial charge is 0.150 e. The molecule has 0 spiro atoms. The van der Waals surface area contributed by atoms with Crippen molar-refractivity contribution in [3.63, 3.8) is 0 Å². The van der Waals surface area contributed by atoms with Crippen LogP contribution in [0.4, 0.5) is 0 Å². The molecular formula is C13H19NO2S2. The van der Waals surface area contributed by atoms with Crippen molar-refractivity contribution < 1.29 is 8.42 Å². The molecule has 1 aromatic carbocycles. The highest BCUT2D eigenvalue weighted by molar-refractivity contribution is 7.99. The van der Waals surface area contributed by atoms with Gasteiger partial charge in [0.1, 0.15) is 0 Å². The molecule has 0 aromatic heterocycles. The number of benzene rings is 1. The van der Waals surface area contributed by atoms with Crippen molar-refractivity contribution in [3.05, 3.63) is 30.3 Å². The van der Waals surface area contributed by atoms with Gasteiger partial charge >= 0.3 is 0 Å². The van der Waals surface area contributed by atoms with Crippen molar-refractivity contribution in [2.24, 2.45) is 11.7 Å². The third-order valence-electron chi connectivity index (χ3n) is 3.34. The summed E-state index contributed by atoms with van der Waals surface area (Å²) in [5.74, 6) is 1.70. The average Bonchev–Trinajstić information content (AvgIpc) is 2.71. The van der Waals surface area contributed by atoms with E-state index in [1.165, 1.54) is 4.90 Å². The molecule has 2 unspecified atom stereocenters. The lowest BCUT2D eigenvalue weighted by Crippen LogP contribution is -2.31. The van der Waals surface area contributed by atoms with Crippen molar-refractivity contribution in [2.75, 3.05) is 17.3 Å².